The Morgan fingerprint density at radius 1 is 0.833 bits per heavy atom. The van der Waals surface area contributed by atoms with Crippen molar-refractivity contribution in [1.29, 1.82) is 0 Å². The first kappa shape index (κ1) is 52.3. The minimum atomic E-state index is -2.94. The lowest BCUT2D eigenvalue weighted by molar-refractivity contribution is -0.152. The monoisotopic (exact) mass is 713 g/mol. The lowest BCUT2D eigenvalue weighted by Crippen LogP contribution is -2.32. The van der Waals surface area contributed by atoms with Crippen molar-refractivity contribution in [3.05, 3.63) is 52.3 Å². The van der Waals surface area contributed by atoms with Crippen LogP contribution in [0, 0.1) is 5.92 Å². The van der Waals surface area contributed by atoms with Crippen molar-refractivity contribution in [2.75, 3.05) is 0 Å². The second-order valence-electron chi connectivity index (χ2n) is 11.7. The Hall–Kier alpha value is -2.56. The Bertz CT molecular complexity index is 1350. The third-order valence-electron chi connectivity index (χ3n) is 6.56. The molecule has 2 fully saturated rings. The number of aromatic nitrogens is 2. The number of para-hydroxylation sites is 2. The third-order valence-corrected chi connectivity index (χ3v) is 9.65. The number of nitrogens with zero attached hydrogens (tertiary/aromatic N) is 2. The van der Waals surface area contributed by atoms with Crippen LogP contribution in [0.2, 0.25) is 0 Å². The molecule has 2 heterocycles. The van der Waals surface area contributed by atoms with Crippen LogP contribution in [0.15, 0.2) is 41.8 Å². The molecule has 0 amide bonds. The summed E-state index contributed by atoms with van der Waals surface area (Å²) < 4.78 is 35.8. The van der Waals surface area contributed by atoms with E-state index in [1.807, 2.05) is 65.8 Å². The number of hydrogen-bond donors (Lipinski definition) is 1. The number of carbonyl (C=O) groups is 1. The van der Waals surface area contributed by atoms with Crippen LogP contribution in [0.1, 0.15) is 135 Å². The van der Waals surface area contributed by atoms with E-state index >= 15 is 0 Å². The van der Waals surface area contributed by atoms with Crippen molar-refractivity contribution < 1.29 is 22.7 Å². The molecule has 10 heteroatoms. The number of carbonyl (C=O) groups excluding carboxylic acids is 1. The molecule has 0 spiro atoms. The standard InChI is InChI=1S/C17H18N2OS.C9H16O2.C6H13NO2S.6CH4/c1-12(2)20-17-16(10-9-13-6-5-11-21-13)18-14-7-3-4-8-15(14)19-17;1-7(2)9(10)11-8-5-3-4-6-8;1-5(2)7-10(8,9)6-3-4-6;;;;;;/h3-8,11-12H,9-10H2,1-2H3;7-8H,3-6H2,1-2H3;5-7H,3-4H2,1-2H3;6*1H4. The van der Waals surface area contributed by atoms with Crippen molar-refractivity contribution in [2.45, 2.75) is 161 Å². The van der Waals surface area contributed by atoms with E-state index < -0.39 is 10.0 Å². The molecule has 1 aromatic carbocycles. The number of aryl methyl sites for hydroxylation is 2. The molecule has 1 N–H and O–H groups in total. The van der Waals surface area contributed by atoms with Gasteiger partial charge in [-0.1, -0.05) is 76.6 Å². The normalized spacial score (nSPS) is 13.4. The summed E-state index contributed by atoms with van der Waals surface area (Å²) >= 11 is 1.78. The number of esters is 1. The van der Waals surface area contributed by atoms with Gasteiger partial charge in [-0.05, 0) is 103 Å². The van der Waals surface area contributed by atoms with E-state index in [4.69, 9.17) is 14.5 Å². The van der Waals surface area contributed by atoms with Crippen molar-refractivity contribution in [1.82, 2.24) is 14.7 Å². The summed E-state index contributed by atoms with van der Waals surface area (Å²) in [6.45, 7) is 11.4. The highest BCUT2D eigenvalue weighted by Gasteiger charge is 2.35. The fourth-order valence-corrected chi connectivity index (χ4v) is 6.62. The number of fused-ring (bicyclic) bond motifs is 1. The molecule has 2 aliphatic rings. The number of benzene rings is 1. The molecule has 2 aliphatic carbocycles. The first-order valence-electron chi connectivity index (χ1n) is 15.1. The van der Waals surface area contributed by atoms with E-state index in [-0.39, 0.29) is 79.9 Å². The van der Waals surface area contributed by atoms with Gasteiger partial charge in [0.2, 0.25) is 15.9 Å². The smallest absolute Gasteiger partial charge is 0.308 e. The summed E-state index contributed by atoms with van der Waals surface area (Å²) in [6.07, 6.45) is 8.39. The first-order valence-corrected chi connectivity index (χ1v) is 17.5. The second kappa shape index (κ2) is 25.4. The molecule has 0 unspecified atom stereocenters. The Morgan fingerprint density at radius 2 is 1.40 bits per heavy atom. The third kappa shape index (κ3) is 18.3. The van der Waals surface area contributed by atoms with Crippen LogP contribution >= 0.6 is 11.3 Å². The van der Waals surface area contributed by atoms with Gasteiger partial charge in [0.25, 0.3) is 0 Å². The average Bonchev–Trinajstić information content (AvgIpc) is 3.44. The van der Waals surface area contributed by atoms with E-state index in [1.165, 1.54) is 17.7 Å². The molecule has 2 saturated carbocycles. The van der Waals surface area contributed by atoms with Gasteiger partial charge in [-0.25, -0.2) is 23.1 Å². The van der Waals surface area contributed by atoms with Gasteiger partial charge in [0.1, 0.15) is 11.8 Å². The van der Waals surface area contributed by atoms with E-state index in [0.29, 0.717) is 5.88 Å². The zero-order valence-electron chi connectivity index (χ0n) is 25.8. The SMILES string of the molecule is C.C.C.C.C.C.CC(C)C(=O)OC1CCCC1.CC(C)NS(=O)(=O)C1CC1.CC(C)Oc1nc2ccccc2nc1CCc1cccs1. The van der Waals surface area contributed by atoms with Crippen molar-refractivity contribution >= 4 is 38.4 Å². The molecule has 48 heavy (non-hydrogen) atoms. The van der Waals surface area contributed by atoms with Crippen LogP contribution in [0.5, 0.6) is 5.88 Å². The molecular weight excluding hydrogens is 643 g/mol. The first-order chi connectivity index (χ1) is 19.9. The second-order valence-corrected chi connectivity index (χ2v) is 14.7. The highest BCUT2D eigenvalue weighted by molar-refractivity contribution is 7.90. The van der Waals surface area contributed by atoms with Crippen LogP contribution in [0.4, 0.5) is 0 Å². The molecule has 0 radical (unpaired) electrons. The minimum absolute atomic E-state index is 0. The van der Waals surface area contributed by atoms with Crippen LogP contribution in [-0.2, 0) is 32.4 Å². The van der Waals surface area contributed by atoms with Gasteiger partial charge < -0.3 is 9.47 Å². The van der Waals surface area contributed by atoms with Crippen LogP contribution in [0.25, 0.3) is 11.0 Å². The van der Waals surface area contributed by atoms with E-state index in [0.717, 1.165) is 55.3 Å². The number of sulfonamides is 1. The van der Waals surface area contributed by atoms with Gasteiger partial charge in [0.15, 0.2) is 0 Å². The van der Waals surface area contributed by atoms with Gasteiger partial charge in [0.05, 0.1) is 28.3 Å². The average molecular weight is 714 g/mol. The number of hydrogen-bond acceptors (Lipinski definition) is 8. The maximum Gasteiger partial charge on any atom is 0.308 e. The summed E-state index contributed by atoms with van der Waals surface area (Å²) in [5.41, 5.74) is 2.75. The topological polar surface area (TPSA) is 107 Å². The largest absolute Gasteiger partial charge is 0.474 e. The Balaban J connectivity index is -0.000000311. The highest BCUT2D eigenvalue weighted by atomic mass is 32.2. The Kier molecular flexibility index (Phi) is 27.7. The fraction of sp³-hybridized carbons (Fsp3) is 0.658. The molecule has 3 aromatic rings. The minimum Gasteiger partial charge on any atom is -0.474 e. The molecule has 0 bridgehead atoms. The quantitative estimate of drug-likeness (QED) is 0.208. The van der Waals surface area contributed by atoms with Crippen LogP contribution in [-0.4, -0.2) is 47.9 Å². The molecule has 0 atom stereocenters. The van der Waals surface area contributed by atoms with E-state index in [1.54, 1.807) is 11.3 Å². The Morgan fingerprint density at radius 3 is 1.85 bits per heavy atom. The van der Waals surface area contributed by atoms with Gasteiger partial charge in [-0.3, -0.25) is 4.79 Å². The maximum absolute atomic E-state index is 11.1. The molecule has 8 nitrogen and oxygen atoms in total. The Labute approximate surface area is 299 Å². The summed E-state index contributed by atoms with van der Waals surface area (Å²) in [4.78, 5) is 21.8. The van der Waals surface area contributed by atoms with Gasteiger partial charge in [-0.15, -0.1) is 11.3 Å². The molecule has 280 valence electrons. The summed E-state index contributed by atoms with van der Waals surface area (Å²) in [7, 11) is -2.94. The lowest BCUT2D eigenvalue weighted by Gasteiger charge is -2.13. The van der Waals surface area contributed by atoms with Crippen LogP contribution < -0.4 is 9.46 Å². The molecule has 0 aliphatic heterocycles. The molecular formula is C38H71N3O5S2. The number of ether oxygens (including phenoxy) is 2. The number of nitrogens with one attached hydrogen (secondary N) is 1. The fourth-order valence-electron chi connectivity index (χ4n) is 4.31. The zero-order valence-corrected chi connectivity index (χ0v) is 27.5. The molecule has 2 aromatic heterocycles. The van der Waals surface area contributed by atoms with Gasteiger partial charge in [0, 0.05) is 10.9 Å². The predicted molar refractivity (Wildman–Crippen MR) is 211 cm³/mol. The molecule has 0 saturated heterocycles. The van der Waals surface area contributed by atoms with E-state index in [2.05, 4.69) is 27.2 Å². The number of rotatable bonds is 10. The molecule has 5 rings (SSSR count). The lowest BCUT2D eigenvalue weighted by atomic mass is 10.2. The summed E-state index contributed by atoms with van der Waals surface area (Å²) in [5, 5.41) is 2.02. The summed E-state index contributed by atoms with van der Waals surface area (Å²) in [6, 6.07) is 12.2. The van der Waals surface area contributed by atoms with Crippen molar-refractivity contribution in [2.24, 2.45) is 5.92 Å². The van der Waals surface area contributed by atoms with Gasteiger partial charge in [-0.2, -0.15) is 0 Å². The van der Waals surface area contributed by atoms with Crippen molar-refractivity contribution in [3.8, 4) is 5.88 Å². The number of thiophene rings is 1. The van der Waals surface area contributed by atoms with E-state index in [9.17, 15) is 13.2 Å². The van der Waals surface area contributed by atoms with Gasteiger partial charge >= 0.3 is 5.97 Å². The van der Waals surface area contributed by atoms with Crippen LogP contribution in [0.3, 0.4) is 0 Å². The maximum atomic E-state index is 11.1. The van der Waals surface area contributed by atoms with Crippen molar-refractivity contribution in [3.63, 3.8) is 0 Å². The zero-order chi connectivity index (χ0) is 30.7. The summed E-state index contributed by atoms with van der Waals surface area (Å²) in [5.74, 6) is 0.646. The highest BCUT2D eigenvalue weighted by Crippen LogP contribution is 2.27. The predicted octanol–water partition coefficient (Wildman–Crippen LogP) is 10.7.